The van der Waals surface area contributed by atoms with Gasteiger partial charge >= 0.3 is 0 Å². The van der Waals surface area contributed by atoms with Crippen LogP contribution in [0.2, 0.25) is 5.02 Å². The maximum absolute atomic E-state index is 12.4. The molecule has 0 unspecified atom stereocenters. The molecule has 8 nitrogen and oxygen atoms in total. The molecule has 0 fully saturated rings. The Labute approximate surface area is 206 Å². The normalized spacial score (nSPS) is 11.0. The SMILES string of the molecule is COc1cc(/C=C(/C#N)C(=O)Nc2nnc(C)s2)cc(Cl)c1OCCOc1cc(C)ccc1C. The molecule has 0 atom stereocenters. The van der Waals surface area contributed by atoms with Gasteiger partial charge in [-0.2, -0.15) is 5.26 Å². The van der Waals surface area contributed by atoms with E-state index in [0.717, 1.165) is 16.9 Å². The topological polar surface area (TPSA) is 106 Å². The average molecular weight is 499 g/mol. The third kappa shape index (κ3) is 6.47. The quantitative estimate of drug-likeness (QED) is 0.247. The van der Waals surface area contributed by atoms with Crippen LogP contribution in [0.5, 0.6) is 17.2 Å². The summed E-state index contributed by atoms with van der Waals surface area (Å²) in [5.74, 6) is 0.909. The second kappa shape index (κ2) is 11.5. The van der Waals surface area contributed by atoms with Crippen molar-refractivity contribution in [3.8, 4) is 23.3 Å². The first kappa shape index (κ1) is 25.0. The summed E-state index contributed by atoms with van der Waals surface area (Å²) < 4.78 is 17.0. The fraction of sp³-hybridized carbons (Fsp3) is 0.250. The number of rotatable bonds is 9. The third-order valence-electron chi connectivity index (χ3n) is 4.61. The van der Waals surface area contributed by atoms with Gasteiger partial charge in [-0.05, 0) is 61.7 Å². The van der Waals surface area contributed by atoms with Gasteiger partial charge in [0.25, 0.3) is 5.91 Å². The van der Waals surface area contributed by atoms with E-state index < -0.39 is 5.91 Å². The highest BCUT2D eigenvalue weighted by atomic mass is 35.5. The lowest BCUT2D eigenvalue weighted by atomic mass is 10.1. The first-order chi connectivity index (χ1) is 16.3. The predicted molar refractivity (Wildman–Crippen MR) is 132 cm³/mol. The summed E-state index contributed by atoms with van der Waals surface area (Å²) in [4.78, 5) is 12.4. The molecule has 0 saturated carbocycles. The van der Waals surface area contributed by atoms with Crippen molar-refractivity contribution in [1.29, 1.82) is 5.26 Å². The number of nitrogens with one attached hydrogen (secondary N) is 1. The van der Waals surface area contributed by atoms with Gasteiger partial charge in [-0.15, -0.1) is 10.2 Å². The Bertz CT molecular complexity index is 1270. The summed E-state index contributed by atoms with van der Waals surface area (Å²) in [5, 5.41) is 21.0. The van der Waals surface area contributed by atoms with Crippen molar-refractivity contribution in [3.63, 3.8) is 0 Å². The minimum absolute atomic E-state index is 0.124. The molecular formula is C24H23ClN4O4S. The standard InChI is InChI=1S/C24H23ClN4O4S/c1-14-5-6-15(2)20(9-14)32-7-8-33-22-19(25)11-17(12-21(22)31-4)10-18(13-26)23(30)27-24-29-28-16(3)34-24/h5-6,9-12H,7-8H2,1-4H3,(H,27,29,30)/b18-10-. The minimum Gasteiger partial charge on any atom is -0.493 e. The van der Waals surface area contributed by atoms with Crippen LogP contribution in [0.25, 0.3) is 6.08 Å². The average Bonchev–Trinajstić information content (AvgIpc) is 3.22. The Morgan fingerprint density at radius 1 is 1.15 bits per heavy atom. The van der Waals surface area contributed by atoms with Crippen LogP contribution in [-0.4, -0.2) is 36.4 Å². The number of anilines is 1. The van der Waals surface area contributed by atoms with Crippen molar-refractivity contribution < 1.29 is 19.0 Å². The zero-order valence-corrected chi connectivity index (χ0v) is 20.7. The molecule has 0 spiro atoms. The number of methoxy groups -OCH3 is 1. The number of amides is 1. The van der Waals surface area contributed by atoms with Crippen LogP contribution in [0.4, 0.5) is 5.13 Å². The number of hydrogen-bond acceptors (Lipinski definition) is 8. The van der Waals surface area contributed by atoms with Gasteiger partial charge in [-0.1, -0.05) is 35.1 Å². The summed E-state index contributed by atoms with van der Waals surface area (Å²) in [6.45, 7) is 6.30. The van der Waals surface area contributed by atoms with E-state index in [0.29, 0.717) is 33.8 Å². The molecule has 176 valence electrons. The second-order valence-corrected chi connectivity index (χ2v) is 8.84. The monoisotopic (exact) mass is 498 g/mol. The molecule has 0 aliphatic carbocycles. The Kier molecular flexibility index (Phi) is 8.46. The molecule has 0 aliphatic heterocycles. The van der Waals surface area contributed by atoms with E-state index in [4.69, 9.17) is 25.8 Å². The molecular weight excluding hydrogens is 476 g/mol. The smallest absolute Gasteiger partial charge is 0.268 e. The molecule has 1 heterocycles. The Morgan fingerprint density at radius 3 is 2.59 bits per heavy atom. The van der Waals surface area contributed by atoms with Gasteiger partial charge in [-0.3, -0.25) is 10.1 Å². The van der Waals surface area contributed by atoms with Crippen molar-refractivity contribution in [3.05, 3.63) is 62.6 Å². The highest BCUT2D eigenvalue weighted by molar-refractivity contribution is 7.15. The number of ether oxygens (including phenoxy) is 3. The van der Waals surface area contributed by atoms with Gasteiger partial charge < -0.3 is 14.2 Å². The second-order valence-electron chi connectivity index (χ2n) is 7.25. The Morgan fingerprint density at radius 2 is 1.91 bits per heavy atom. The van der Waals surface area contributed by atoms with Gasteiger partial charge in [0.2, 0.25) is 5.13 Å². The van der Waals surface area contributed by atoms with E-state index in [2.05, 4.69) is 15.5 Å². The number of nitriles is 1. The van der Waals surface area contributed by atoms with E-state index in [1.807, 2.05) is 38.1 Å². The number of benzene rings is 2. The van der Waals surface area contributed by atoms with Gasteiger partial charge in [0, 0.05) is 0 Å². The zero-order valence-electron chi connectivity index (χ0n) is 19.1. The van der Waals surface area contributed by atoms with E-state index in [1.165, 1.54) is 24.5 Å². The molecule has 1 aromatic heterocycles. The molecule has 3 aromatic rings. The van der Waals surface area contributed by atoms with Gasteiger partial charge in [0.15, 0.2) is 11.5 Å². The lowest BCUT2D eigenvalue weighted by molar-refractivity contribution is -0.112. The summed E-state index contributed by atoms with van der Waals surface area (Å²) in [6.07, 6.45) is 1.41. The molecule has 3 rings (SSSR count). The summed E-state index contributed by atoms with van der Waals surface area (Å²) in [7, 11) is 1.48. The fourth-order valence-electron chi connectivity index (χ4n) is 2.95. The van der Waals surface area contributed by atoms with Crippen LogP contribution in [0, 0.1) is 32.1 Å². The van der Waals surface area contributed by atoms with Crippen LogP contribution in [0.15, 0.2) is 35.9 Å². The van der Waals surface area contributed by atoms with Gasteiger partial charge in [0.05, 0.1) is 12.1 Å². The molecule has 0 radical (unpaired) electrons. The lowest BCUT2D eigenvalue weighted by Crippen LogP contribution is -2.13. The van der Waals surface area contributed by atoms with Crippen molar-refractivity contribution in [2.24, 2.45) is 0 Å². The predicted octanol–water partition coefficient (Wildman–Crippen LogP) is 5.13. The molecule has 34 heavy (non-hydrogen) atoms. The maximum atomic E-state index is 12.4. The number of hydrogen-bond donors (Lipinski definition) is 1. The largest absolute Gasteiger partial charge is 0.493 e. The first-order valence-electron chi connectivity index (χ1n) is 10.2. The van der Waals surface area contributed by atoms with Crippen molar-refractivity contribution >= 4 is 40.1 Å². The summed E-state index contributed by atoms with van der Waals surface area (Å²) in [5.41, 5.74) is 2.53. The number of aryl methyl sites for hydroxylation is 3. The molecule has 0 saturated heterocycles. The van der Waals surface area contributed by atoms with Gasteiger partial charge in [0.1, 0.15) is 35.6 Å². The summed E-state index contributed by atoms with van der Waals surface area (Å²) in [6, 6.07) is 11.1. The molecule has 0 aliphatic rings. The zero-order chi connectivity index (χ0) is 24.7. The number of carbonyl (C=O) groups is 1. The van der Waals surface area contributed by atoms with Crippen LogP contribution >= 0.6 is 22.9 Å². The van der Waals surface area contributed by atoms with Crippen LogP contribution in [0.1, 0.15) is 21.7 Å². The lowest BCUT2D eigenvalue weighted by Gasteiger charge is -2.15. The molecule has 10 heteroatoms. The van der Waals surface area contributed by atoms with Crippen molar-refractivity contribution in [2.75, 3.05) is 25.6 Å². The van der Waals surface area contributed by atoms with Crippen LogP contribution < -0.4 is 19.5 Å². The van der Waals surface area contributed by atoms with E-state index in [9.17, 15) is 10.1 Å². The van der Waals surface area contributed by atoms with Crippen LogP contribution in [0.3, 0.4) is 0 Å². The minimum atomic E-state index is -0.599. The third-order valence-corrected chi connectivity index (χ3v) is 5.64. The van der Waals surface area contributed by atoms with Crippen molar-refractivity contribution in [1.82, 2.24) is 10.2 Å². The number of halogens is 1. The number of nitrogens with zero attached hydrogens (tertiary/aromatic N) is 3. The number of carbonyl (C=O) groups excluding carboxylic acids is 1. The Balaban J connectivity index is 1.69. The molecule has 0 bridgehead atoms. The fourth-order valence-corrected chi connectivity index (χ4v) is 3.81. The number of aromatic nitrogens is 2. The van der Waals surface area contributed by atoms with E-state index in [1.54, 1.807) is 19.1 Å². The first-order valence-corrected chi connectivity index (χ1v) is 11.4. The molecule has 2 aromatic carbocycles. The highest BCUT2D eigenvalue weighted by Gasteiger charge is 2.15. The maximum Gasteiger partial charge on any atom is 0.268 e. The molecule has 1 N–H and O–H groups in total. The van der Waals surface area contributed by atoms with Gasteiger partial charge in [-0.25, -0.2) is 0 Å². The molecule has 1 amide bonds. The highest BCUT2D eigenvalue weighted by Crippen LogP contribution is 2.37. The summed E-state index contributed by atoms with van der Waals surface area (Å²) >= 11 is 7.63. The van der Waals surface area contributed by atoms with Crippen LogP contribution in [-0.2, 0) is 4.79 Å². The Hall–Kier alpha value is -3.61. The van der Waals surface area contributed by atoms with Crippen molar-refractivity contribution in [2.45, 2.75) is 20.8 Å². The van der Waals surface area contributed by atoms with E-state index in [-0.39, 0.29) is 17.2 Å². The van der Waals surface area contributed by atoms with E-state index >= 15 is 0 Å².